The van der Waals surface area contributed by atoms with E-state index in [4.69, 9.17) is 37.9 Å². The van der Waals surface area contributed by atoms with E-state index >= 15 is 0 Å². The molecule has 3 aromatic rings. The molecule has 2 aromatic heterocycles. The first-order valence-corrected chi connectivity index (χ1v) is 6.58. The summed E-state index contributed by atoms with van der Waals surface area (Å²) in [5.74, 6) is 0.970. The molecule has 1 aromatic carbocycles. The van der Waals surface area contributed by atoms with Crippen LogP contribution in [0, 0.1) is 6.92 Å². The number of hydrogen-bond acceptors (Lipinski definition) is 4. The fourth-order valence-electron chi connectivity index (χ4n) is 2.02. The van der Waals surface area contributed by atoms with Crippen LogP contribution in [0.15, 0.2) is 39.5 Å². The maximum atomic E-state index is 6.22. The SMILES string of the molecule is Cc1cc(-c2noc(N)c2-c2ccc(Cl)cc2Cl)co1. The fraction of sp³-hybridized carbons (Fsp3) is 0.0714. The van der Waals surface area contributed by atoms with Crippen LogP contribution in [0.2, 0.25) is 10.0 Å². The maximum absolute atomic E-state index is 6.22. The molecule has 0 saturated carbocycles. The molecule has 2 heterocycles. The van der Waals surface area contributed by atoms with E-state index in [1.165, 1.54) is 0 Å². The zero-order valence-electron chi connectivity index (χ0n) is 10.5. The Morgan fingerprint density at radius 1 is 1.20 bits per heavy atom. The summed E-state index contributed by atoms with van der Waals surface area (Å²) in [5.41, 5.74) is 8.58. The molecule has 0 aliphatic heterocycles. The molecule has 20 heavy (non-hydrogen) atoms. The Hall–Kier alpha value is -1.91. The first-order chi connectivity index (χ1) is 9.56. The second kappa shape index (κ2) is 4.89. The van der Waals surface area contributed by atoms with E-state index in [-0.39, 0.29) is 5.88 Å². The lowest BCUT2D eigenvalue weighted by Gasteiger charge is -2.04. The third-order valence-corrected chi connectivity index (χ3v) is 3.47. The molecule has 102 valence electrons. The van der Waals surface area contributed by atoms with Gasteiger partial charge in [0.05, 0.1) is 10.6 Å². The molecule has 0 aliphatic rings. The lowest BCUT2D eigenvalue weighted by atomic mass is 10.0. The number of halogens is 2. The first kappa shape index (κ1) is 13.1. The van der Waals surface area contributed by atoms with E-state index in [0.29, 0.717) is 26.9 Å². The minimum Gasteiger partial charge on any atom is -0.469 e. The van der Waals surface area contributed by atoms with Crippen LogP contribution in [0.4, 0.5) is 5.88 Å². The predicted octanol–water partition coefficient (Wildman–Crippen LogP) is 4.80. The van der Waals surface area contributed by atoms with Gasteiger partial charge in [-0.15, -0.1) is 0 Å². The summed E-state index contributed by atoms with van der Waals surface area (Å²) in [6.07, 6.45) is 1.60. The number of benzene rings is 1. The van der Waals surface area contributed by atoms with Crippen molar-refractivity contribution in [2.75, 3.05) is 5.73 Å². The highest BCUT2D eigenvalue weighted by Gasteiger charge is 2.20. The Balaban J connectivity index is 2.21. The summed E-state index contributed by atoms with van der Waals surface area (Å²) in [6.45, 7) is 1.85. The zero-order valence-corrected chi connectivity index (χ0v) is 12.0. The lowest BCUT2D eigenvalue weighted by Crippen LogP contribution is -1.88. The molecular formula is C14H10Cl2N2O2. The van der Waals surface area contributed by atoms with Crippen LogP contribution in [0.1, 0.15) is 5.76 Å². The fourth-order valence-corrected chi connectivity index (χ4v) is 2.52. The number of rotatable bonds is 2. The molecular weight excluding hydrogens is 299 g/mol. The van der Waals surface area contributed by atoms with Gasteiger partial charge in [0.25, 0.3) is 0 Å². The molecule has 0 bridgehead atoms. The van der Waals surface area contributed by atoms with Gasteiger partial charge in [-0.05, 0) is 25.1 Å². The number of nitrogens with zero attached hydrogens (tertiary/aromatic N) is 1. The average Bonchev–Trinajstić information content (AvgIpc) is 2.96. The summed E-state index contributed by atoms with van der Waals surface area (Å²) in [5, 5.41) is 5.02. The summed E-state index contributed by atoms with van der Waals surface area (Å²) in [6, 6.07) is 7.02. The number of aryl methyl sites for hydroxylation is 1. The van der Waals surface area contributed by atoms with E-state index in [2.05, 4.69) is 5.16 Å². The van der Waals surface area contributed by atoms with E-state index in [1.54, 1.807) is 24.5 Å². The summed E-state index contributed by atoms with van der Waals surface area (Å²) >= 11 is 12.1. The van der Waals surface area contributed by atoms with E-state index in [0.717, 1.165) is 11.3 Å². The van der Waals surface area contributed by atoms with Gasteiger partial charge in [0, 0.05) is 16.1 Å². The molecule has 0 saturated heterocycles. The number of anilines is 1. The molecule has 0 aliphatic carbocycles. The molecule has 0 atom stereocenters. The second-order valence-corrected chi connectivity index (χ2v) is 5.18. The van der Waals surface area contributed by atoms with Gasteiger partial charge in [0.2, 0.25) is 5.88 Å². The van der Waals surface area contributed by atoms with Crippen molar-refractivity contribution in [2.45, 2.75) is 6.92 Å². The van der Waals surface area contributed by atoms with Crippen molar-refractivity contribution in [1.82, 2.24) is 5.16 Å². The highest BCUT2D eigenvalue weighted by Crippen LogP contribution is 2.40. The Kier molecular flexibility index (Phi) is 3.20. The molecule has 0 radical (unpaired) electrons. The van der Waals surface area contributed by atoms with Crippen molar-refractivity contribution in [3.63, 3.8) is 0 Å². The molecule has 4 nitrogen and oxygen atoms in total. The van der Waals surface area contributed by atoms with Crippen LogP contribution < -0.4 is 5.73 Å². The smallest absolute Gasteiger partial charge is 0.230 e. The number of nitrogen functional groups attached to an aromatic ring is 1. The number of nitrogens with two attached hydrogens (primary N) is 1. The summed E-state index contributed by atoms with van der Waals surface area (Å²) in [4.78, 5) is 0. The minimum atomic E-state index is 0.197. The van der Waals surface area contributed by atoms with Gasteiger partial charge in [-0.25, -0.2) is 0 Å². The van der Waals surface area contributed by atoms with Gasteiger partial charge in [0.1, 0.15) is 17.7 Å². The number of furan rings is 1. The Labute approximate surface area is 125 Å². The Morgan fingerprint density at radius 2 is 2.00 bits per heavy atom. The van der Waals surface area contributed by atoms with Crippen LogP contribution >= 0.6 is 23.2 Å². The summed E-state index contributed by atoms with van der Waals surface area (Å²) < 4.78 is 10.4. The highest BCUT2D eigenvalue weighted by molar-refractivity contribution is 6.36. The largest absolute Gasteiger partial charge is 0.469 e. The third-order valence-electron chi connectivity index (χ3n) is 2.92. The van der Waals surface area contributed by atoms with Crippen LogP contribution in [0.3, 0.4) is 0 Å². The molecule has 0 unspecified atom stereocenters. The monoisotopic (exact) mass is 308 g/mol. The standard InChI is InChI=1S/C14H10Cl2N2O2/c1-7-4-8(6-19-7)13-12(14(17)20-18-13)10-3-2-9(15)5-11(10)16/h2-6H,17H2,1H3. The topological polar surface area (TPSA) is 65.2 Å². The molecule has 2 N–H and O–H groups in total. The van der Waals surface area contributed by atoms with Gasteiger partial charge < -0.3 is 14.7 Å². The van der Waals surface area contributed by atoms with Crippen LogP contribution in [0.5, 0.6) is 0 Å². The van der Waals surface area contributed by atoms with E-state index in [9.17, 15) is 0 Å². The maximum Gasteiger partial charge on any atom is 0.230 e. The normalized spacial score (nSPS) is 10.9. The second-order valence-electron chi connectivity index (χ2n) is 4.34. The zero-order chi connectivity index (χ0) is 14.3. The lowest BCUT2D eigenvalue weighted by molar-refractivity contribution is 0.439. The highest BCUT2D eigenvalue weighted by atomic mass is 35.5. The van der Waals surface area contributed by atoms with E-state index < -0.39 is 0 Å². The van der Waals surface area contributed by atoms with E-state index in [1.807, 2.05) is 13.0 Å². The van der Waals surface area contributed by atoms with Gasteiger partial charge in [-0.1, -0.05) is 34.4 Å². The molecule has 0 amide bonds. The van der Waals surface area contributed by atoms with Crippen molar-refractivity contribution in [3.05, 3.63) is 46.3 Å². The van der Waals surface area contributed by atoms with Crippen molar-refractivity contribution in [2.24, 2.45) is 0 Å². The van der Waals surface area contributed by atoms with Gasteiger partial charge >= 0.3 is 0 Å². The summed E-state index contributed by atoms with van der Waals surface area (Å²) in [7, 11) is 0. The minimum absolute atomic E-state index is 0.197. The first-order valence-electron chi connectivity index (χ1n) is 5.82. The third kappa shape index (κ3) is 2.17. The number of aromatic nitrogens is 1. The van der Waals surface area contributed by atoms with Crippen molar-refractivity contribution in [1.29, 1.82) is 0 Å². The Morgan fingerprint density at radius 3 is 2.65 bits per heavy atom. The van der Waals surface area contributed by atoms with Crippen molar-refractivity contribution >= 4 is 29.1 Å². The predicted molar refractivity (Wildman–Crippen MR) is 78.8 cm³/mol. The molecule has 0 spiro atoms. The van der Waals surface area contributed by atoms with Crippen LogP contribution in [-0.4, -0.2) is 5.16 Å². The Bertz CT molecular complexity index is 777. The average molecular weight is 309 g/mol. The van der Waals surface area contributed by atoms with Gasteiger partial charge in [-0.2, -0.15) is 0 Å². The van der Waals surface area contributed by atoms with Gasteiger partial charge in [-0.3, -0.25) is 0 Å². The molecule has 6 heteroatoms. The quantitative estimate of drug-likeness (QED) is 0.738. The molecule has 0 fully saturated rings. The number of hydrogen-bond donors (Lipinski definition) is 1. The van der Waals surface area contributed by atoms with Crippen LogP contribution in [-0.2, 0) is 0 Å². The van der Waals surface area contributed by atoms with Crippen molar-refractivity contribution < 1.29 is 8.94 Å². The van der Waals surface area contributed by atoms with Crippen molar-refractivity contribution in [3.8, 4) is 22.4 Å². The van der Waals surface area contributed by atoms with Gasteiger partial charge in [0.15, 0.2) is 0 Å². The molecule has 3 rings (SSSR count). The van der Waals surface area contributed by atoms with Crippen LogP contribution in [0.25, 0.3) is 22.4 Å².